The Morgan fingerprint density at radius 1 is 0.355 bits per heavy atom. The Morgan fingerprint density at radius 3 is 1.47 bits per heavy atom. The molecule has 12 rings (SSSR count). The normalized spacial score (nSPS) is 13.4. The van der Waals surface area contributed by atoms with Gasteiger partial charge in [-0.25, -0.2) is 15.0 Å². The molecule has 0 atom stereocenters. The highest BCUT2D eigenvalue weighted by Crippen LogP contribution is 2.39. The second kappa shape index (κ2) is 14.7. The lowest BCUT2D eigenvalue weighted by Crippen LogP contribution is -2.04. The van der Waals surface area contributed by atoms with Gasteiger partial charge in [-0.15, -0.1) is 0 Å². The van der Waals surface area contributed by atoms with Crippen LogP contribution in [0.3, 0.4) is 0 Å². The molecule has 0 aliphatic carbocycles. The molecule has 0 spiro atoms. The van der Waals surface area contributed by atoms with E-state index in [1.54, 1.807) is 0 Å². The smallest absolute Gasteiger partial charge is 0.166 e. The van der Waals surface area contributed by atoms with Crippen LogP contribution in [0, 0.1) is 0 Å². The van der Waals surface area contributed by atoms with Gasteiger partial charge in [0.05, 0.1) is 27.7 Å². The summed E-state index contributed by atoms with van der Waals surface area (Å²) in [6.45, 7) is 0. The highest BCUT2D eigenvalue weighted by atomic mass is 16.3. The zero-order valence-corrected chi connectivity index (χ0v) is 32.9. The average molecular weight is 801 g/mol. The van der Waals surface area contributed by atoms with Crippen LogP contribution in [0.15, 0.2) is 223 Å². The van der Waals surface area contributed by atoms with Crippen LogP contribution in [0.2, 0.25) is 0 Å². The van der Waals surface area contributed by atoms with Gasteiger partial charge < -0.3 is 8.98 Å². The predicted molar refractivity (Wildman–Crippen MR) is 254 cm³/mol. The maximum Gasteiger partial charge on any atom is 0.166 e. The Labute approximate surface area is 369 Å². The summed E-state index contributed by atoms with van der Waals surface area (Å²) in [6.07, 6.45) is 0. The van der Waals surface area contributed by atoms with Crippen molar-refractivity contribution in [3.63, 3.8) is 0 Å². The van der Waals surface area contributed by atoms with E-state index in [0.717, 1.165) is 44.2 Å². The van der Waals surface area contributed by atoms with Gasteiger partial charge in [-0.05, 0) is 75.8 Å². The van der Waals surface area contributed by atoms with Crippen LogP contribution >= 0.6 is 0 Å². The van der Waals surface area contributed by atoms with Gasteiger partial charge in [0, 0.05) is 38.2 Å². The summed E-state index contributed by atoms with van der Waals surface area (Å²) in [5, 5.41) is 1.84. The van der Waals surface area contributed by atoms with Gasteiger partial charge in [-0.3, -0.25) is 0 Å². The Kier molecular flexibility index (Phi) is 6.67. The molecule has 9 aromatic carbocycles. The second-order valence-corrected chi connectivity index (χ2v) is 15.0. The quantitative estimate of drug-likeness (QED) is 0.161. The first-order valence-electron chi connectivity index (χ1n) is 24.2. The summed E-state index contributed by atoms with van der Waals surface area (Å²) in [4.78, 5) is 15.2. The molecule has 0 unspecified atom stereocenters. The average Bonchev–Trinajstić information content (AvgIpc) is 3.98. The zero-order valence-electron chi connectivity index (χ0n) is 40.9. The van der Waals surface area contributed by atoms with Crippen LogP contribution in [0.25, 0.3) is 117 Å². The van der Waals surface area contributed by atoms with Crippen molar-refractivity contribution in [1.29, 1.82) is 0 Å². The zero-order chi connectivity index (χ0) is 47.9. The summed E-state index contributed by atoms with van der Waals surface area (Å²) in [7, 11) is 0. The van der Waals surface area contributed by atoms with Crippen LogP contribution in [0.5, 0.6) is 0 Å². The molecule has 0 saturated carbocycles. The molecule has 0 fully saturated rings. The van der Waals surface area contributed by atoms with Crippen LogP contribution in [0.4, 0.5) is 0 Å². The number of aromatic nitrogens is 4. The molecule has 0 bridgehead atoms. The Hall–Kier alpha value is -8.41. The van der Waals surface area contributed by atoms with E-state index in [1.165, 1.54) is 4.57 Å². The molecular formula is C57H36N4O. The highest BCUT2D eigenvalue weighted by Gasteiger charge is 2.21. The van der Waals surface area contributed by atoms with Crippen molar-refractivity contribution in [2.75, 3.05) is 0 Å². The van der Waals surface area contributed by atoms with Gasteiger partial charge in [-0.2, -0.15) is 0 Å². The summed E-state index contributed by atoms with van der Waals surface area (Å²) < 4.78 is 80.0. The third kappa shape index (κ3) is 6.14. The molecule has 3 aromatic heterocycles. The first kappa shape index (κ1) is 28.1. The van der Waals surface area contributed by atoms with Crippen molar-refractivity contribution in [3.05, 3.63) is 218 Å². The van der Waals surface area contributed by atoms with Gasteiger partial charge in [0.25, 0.3) is 0 Å². The Balaban J connectivity index is 1.11. The molecule has 0 radical (unpaired) electrons. The van der Waals surface area contributed by atoms with Crippen LogP contribution in [-0.2, 0) is 0 Å². The molecule has 0 aliphatic heterocycles. The van der Waals surface area contributed by atoms with Crippen molar-refractivity contribution in [2.24, 2.45) is 0 Å². The van der Waals surface area contributed by atoms with E-state index in [0.29, 0.717) is 45.2 Å². The van der Waals surface area contributed by atoms with E-state index in [2.05, 4.69) is 36.4 Å². The molecule has 0 amide bonds. The summed E-state index contributed by atoms with van der Waals surface area (Å²) in [5.41, 5.74) is 9.26. The molecule has 0 saturated heterocycles. The number of hydrogen-bond donors (Lipinski definition) is 0. The SMILES string of the molecule is [2H]c1c([2H])c([2H])c2c(c1[2H])c1c([2H])c([2H])c([2H])c([2H])c1n2-c1cc(-c2ccc(-c3ccc(-c4ccccc4)cc3)cc2)ccc1-c1nc(-c2ccccc2)nc(-c2ccc3c(c2)oc2ccccc23)n1. The lowest BCUT2D eigenvalue weighted by atomic mass is 9.97. The van der Waals surface area contributed by atoms with Crippen LogP contribution in [-0.4, -0.2) is 19.5 Å². The minimum Gasteiger partial charge on any atom is -0.456 e. The third-order valence-electron chi connectivity index (χ3n) is 11.4. The van der Waals surface area contributed by atoms with E-state index >= 15 is 0 Å². The number of furan rings is 1. The molecule has 5 nitrogen and oxygen atoms in total. The lowest BCUT2D eigenvalue weighted by molar-refractivity contribution is 0.669. The highest BCUT2D eigenvalue weighted by molar-refractivity contribution is 6.10. The maximum absolute atomic E-state index is 9.38. The van der Waals surface area contributed by atoms with Gasteiger partial charge in [0.15, 0.2) is 17.5 Å². The predicted octanol–water partition coefficient (Wildman–Crippen LogP) is 14.9. The molecule has 3 heterocycles. The van der Waals surface area contributed by atoms with E-state index in [1.807, 2.05) is 133 Å². The van der Waals surface area contributed by atoms with E-state index in [9.17, 15) is 2.74 Å². The number of hydrogen-bond acceptors (Lipinski definition) is 4. The monoisotopic (exact) mass is 800 g/mol. The summed E-state index contributed by atoms with van der Waals surface area (Å²) in [5.74, 6) is 0.902. The molecule has 12 aromatic rings. The Bertz CT molecular complexity index is 4010. The summed E-state index contributed by atoms with van der Waals surface area (Å²) >= 11 is 0. The standard InChI is InChI=1S/C57H36N4O/c1-3-13-37(14-4-1)38-23-25-39(26-24-38)40-27-29-41(30-28-40)43-31-34-49(52(35-43)61-50-20-10-7-17-45(50)46-18-8-11-21-51(46)61)57-59-55(42-15-5-2-6-16-42)58-56(60-57)44-32-33-48-47-19-9-12-22-53(47)62-54(48)36-44/h1-36H/i7D,8D,10D,11D,17D,18D,20D,21D. The van der Waals surface area contributed by atoms with Gasteiger partial charge in [0.2, 0.25) is 0 Å². The first-order chi connectivity index (χ1) is 34.0. The van der Waals surface area contributed by atoms with E-state index in [-0.39, 0.29) is 27.6 Å². The Morgan fingerprint density at radius 2 is 0.823 bits per heavy atom. The first-order valence-corrected chi connectivity index (χ1v) is 20.2. The fourth-order valence-electron chi connectivity index (χ4n) is 8.29. The number of benzene rings is 9. The van der Waals surface area contributed by atoms with E-state index < -0.39 is 48.3 Å². The van der Waals surface area contributed by atoms with Crippen molar-refractivity contribution in [1.82, 2.24) is 19.5 Å². The molecular weight excluding hydrogens is 757 g/mol. The van der Waals surface area contributed by atoms with Crippen molar-refractivity contribution in [2.45, 2.75) is 0 Å². The molecule has 290 valence electrons. The van der Waals surface area contributed by atoms with Gasteiger partial charge in [0.1, 0.15) is 11.2 Å². The number of nitrogens with zero attached hydrogens (tertiary/aromatic N) is 4. The number of rotatable bonds is 7. The van der Waals surface area contributed by atoms with Crippen molar-refractivity contribution < 1.29 is 15.4 Å². The maximum atomic E-state index is 9.38. The fourth-order valence-corrected chi connectivity index (χ4v) is 8.29. The molecule has 62 heavy (non-hydrogen) atoms. The van der Waals surface area contributed by atoms with Crippen LogP contribution < -0.4 is 0 Å². The summed E-state index contributed by atoms with van der Waals surface area (Å²) in [6, 6.07) is 51.7. The lowest BCUT2D eigenvalue weighted by Gasteiger charge is -2.16. The second-order valence-electron chi connectivity index (χ2n) is 15.0. The van der Waals surface area contributed by atoms with Gasteiger partial charge >= 0.3 is 0 Å². The van der Waals surface area contributed by atoms with Gasteiger partial charge in [-0.1, -0.05) is 176 Å². The van der Waals surface area contributed by atoms with Crippen LogP contribution in [0.1, 0.15) is 11.0 Å². The van der Waals surface area contributed by atoms with E-state index in [4.69, 9.17) is 27.6 Å². The third-order valence-corrected chi connectivity index (χ3v) is 11.4. The molecule has 0 aliphatic rings. The number of fused-ring (bicyclic) bond motifs is 6. The molecule has 0 N–H and O–H groups in total. The number of para-hydroxylation sites is 3. The topological polar surface area (TPSA) is 56.7 Å². The van der Waals surface area contributed by atoms with Crippen molar-refractivity contribution >= 4 is 43.7 Å². The molecule has 5 heteroatoms. The minimum absolute atomic E-state index is 0.0198. The van der Waals surface area contributed by atoms with Crippen molar-refractivity contribution in [3.8, 4) is 73.2 Å². The minimum atomic E-state index is -0.524. The largest absolute Gasteiger partial charge is 0.456 e. The fraction of sp³-hybridized carbons (Fsp3) is 0.